The maximum Gasteiger partial charge on any atom is 0.172 e. The van der Waals surface area contributed by atoms with Gasteiger partial charge < -0.3 is 29.4 Å². The number of rotatable bonds is 6. The van der Waals surface area contributed by atoms with Crippen LogP contribution in [0.25, 0.3) is 10.8 Å². The topological polar surface area (TPSA) is 19.4 Å². The molecule has 0 saturated heterocycles. The zero-order chi connectivity index (χ0) is 23.2. The summed E-state index contributed by atoms with van der Waals surface area (Å²) in [4.78, 5) is 10.8. The fraction of sp³-hybridized carbons (Fsp3) is 0.545. The smallest absolute Gasteiger partial charge is 0.172 e. The van der Waals surface area contributed by atoms with E-state index in [1.165, 1.54) is 0 Å². The molecule has 0 radical (unpaired) electrons. The molecule has 2 rings (SSSR count). The quantitative estimate of drug-likeness (QED) is 0.705. The Kier molecular flexibility index (Phi) is 6.49. The third-order valence-electron chi connectivity index (χ3n) is 5.16. The Labute approximate surface area is 179 Å². The lowest BCUT2D eigenvalue weighted by atomic mass is 9.96. The second-order valence-corrected chi connectivity index (χ2v) is 8.84. The fourth-order valence-electron chi connectivity index (χ4n) is 4.11. The van der Waals surface area contributed by atoms with Crippen molar-refractivity contribution in [3.63, 3.8) is 0 Å². The van der Waals surface area contributed by atoms with E-state index in [1.54, 1.807) is 19.6 Å². The predicted molar refractivity (Wildman–Crippen MR) is 130 cm³/mol. The number of fused-ring (bicyclic) bond motifs is 1. The minimum atomic E-state index is -0.328. The van der Waals surface area contributed by atoms with Gasteiger partial charge in [-0.2, -0.15) is 0 Å². The molecule has 0 aliphatic heterocycles. The van der Waals surface area contributed by atoms with E-state index < -0.39 is 0 Å². The molecule has 168 valence electrons. The Morgan fingerprint density at radius 1 is 0.333 bits per heavy atom. The van der Waals surface area contributed by atoms with Crippen molar-refractivity contribution in [1.82, 2.24) is 0 Å². The monoisotopic (exact) mass is 422 g/mol. The highest BCUT2D eigenvalue weighted by Crippen LogP contribution is 2.54. The summed E-state index contributed by atoms with van der Waals surface area (Å²) in [7, 11) is 22.0. The minimum absolute atomic E-state index is 0.328. The average Bonchev–Trinajstić information content (AvgIpc) is 2.57. The van der Waals surface area contributed by atoms with Crippen molar-refractivity contribution in [2.75, 3.05) is 114 Å². The number of hydrogen-bond donors (Lipinski definition) is 0. The summed E-state index contributed by atoms with van der Waals surface area (Å²) in [5.41, 5.74) is 3.04. The molecular formula is C22H36F2N6. The van der Waals surface area contributed by atoms with E-state index in [0.29, 0.717) is 44.9 Å². The highest BCUT2D eigenvalue weighted by molar-refractivity contribution is 6.21. The second kappa shape index (κ2) is 8.24. The van der Waals surface area contributed by atoms with Gasteiger partial charge in [-0.1, -0.05) is 0 Å². The van der Waals surface area contributed by atoms with Crippen LogP contribution in [0.3, 0.4) is 0 Å². The Hall–Kier alpha value is -2.64. The van der Waals surface area contributed by atoms with Crippen molar-refractivity contribution >= 4 is 44.9 Å². The van der Waals surface area contributed by atoms with E-state index >= 15 is 8.78 Å². The first-order valence-electron chi connectivity index (χ1n) is 9.84. The van der Waals surface area contributed by atoms with Crippen LogP contribution in [-0.4, -0.2) is 84.6 Å². The molecule has 0 N–H and O–H groups in total. The van der Waals surface area contributed by atoms with E-state index in [0.717, 1.165) is 0 Å². The third kappa shape index (κ3) is 3.52. The van der Waals surface area contributed by atoms with Crippen LogP contribution >= 0.6 is 0 Å². The van der Waals surface area contributed by atoms with Crippen LogP contribution in [-0.2, 0) is 0 Å². The molecule has 0 unspecified atom stereocenters. The Morgan fingerprint density at radius 3 is 0.700 bits per heavy atom. The molecule has 8 heteroatoms. The lowest BCUT2D eigenvalue weighted by Crippen LogP contribution is -2.26. The van der Waals surface area contributed by atoms with Gasteiger partial charge in [-0.25, -0.2) is 8.78 Å². The molecule has 0 spiro atoms. The van der Waals surface area contributed by atoms with Crippen LogP contribution in [0.2, 0.25) is 0 Å². The lowest BCUT2D eigenvalue weighted by molar-refractivity contribution is 0.622. The summed E-state index contributed by atoms with van der Waals surface area (Å²) in [5, 5.41) is 1.37. The fourth-order valence-corrected chi connectivity index (χ4v) is 4.11. The maximum absolute atomic E-state index is 16.1. The summed E-state index contributed by atoms with van der Waals surface area (Å²) in [6.45, 7) is 0. The highest BCUT2D eigenvalue weighted by Gasteiger charge is 2.33. The molecule has 0 heterocycles. The van der Waals surface area contributed by atoms with Crippen molar-refractivity contribution in [2.45, 2.75) is 0 Å². The van der Waals surface area contributed by atoms with Gasteiger partial charge in [0.15, 0.2) is 11.6 Å². The number of anilines is 6. The summed E-state index contributed by atoms with van der Waals surface area (Å²) < 4.78 is 32.2. The molecule has 0 amide bonds. The molecule has 0 atom stereocenters. The summed E-state index contributed by atoms with van der Waals surface area (Å²) in [6, 6.07) is 0. The minimum Gasteiger partial charge on any atom is -0.375 e. The molecule has 2 aromatic carbocycles. The van der Waals surface area contributed by atoms with Crippen molar-refractivity contribution in [3.8, 4) is 0 Å². The number of nitrogens with zero attached hydrogens (tertiary/aromatic N) is 6. The first-order valence-corrected chi connectivity index (χ1v) is 9.84. The van der Waals surface area contributed by atoms with Crippen molar-refractivity contribution < 1.29 is 8.78 Å². The second-order valence-electron chi connectivity index (χ2n) is 8.84. The molecule has 0 fully saturated rings. The van der Waals surface area contributed by atoms with E-state index in [4.69, 9.17) is 0 Å². The Morgan fingerprint density at radius 2 is 0.533 bits per heavy atom. The van der Waals surface area contributed by atoms with Gasteiger partial charge in [0.05, 0.1) is 34.1 Å². The molecule has 0 bridgehead atoms. The zero-order valence-electron chi connectivity index (χ0n) is 20.4. The van der Waals surface area contributed by atoms with Crippen LogP contribution in [0.15, 0.2) is 0 Å². The van der Waals surface area contributed by atoms with Crippen LogP contribution in [0.4, 0.5) is 42.9 Å². The normalized spacial score (nSPS) is 11.0. The van der Waals surface area contributed by atoms with Gasteiger partial charge >= 0.3 is 0 Å². The van der Waals surface area contributed by atoms with Gasteiger partial charge in [0.25, 0.3) is 0 Å². The maximum atomic E-state index is 16.1. The molecule has 0 saturated carbocycles. The number of halogens is 2. The van der Waals surface area contributed by atoms with Gasteiger partial charge in [-0.3, -0.25) is 0 Å². The summed E-state index contributed by atoms with van der Waals surface area (Å²) in [6.07, 6.45) is 0. The standard InChI is InChI=1S/C22H36F2N6/c1-25(2)17-13-14(20(28(7)8)21(15(17)23)29(9)10)18(26(3)4)16(24)22(30(11)12)19(13)27(5)6/h1-12H3. The van der Waals surface area contributed by atoms with Gasteiger partial charge in [0, 0.05) is 95.3 Å². The Balaban J connectivity index is 3.50. The van der Waals surface area contributed by atoms with E-state index in [1.807, 2.05) is 94.4 Å². The van der Waals surface area contributed by atoms with Crippen LogP contribution in [0.1, 0.15) is 0 Å². The zero-order valence-corrected chi connectivity index (χ0v) is 20.4. The molecular weight excluding hydrogens is 386 g/mol. The van der Waals surface area contributed by atoms with Crippen molar-refractivity contribution in [2.24, 2.45) is 0 Å². The van der Waals surface area contributed by atoms with Crippen LogP contribution in [0, 0.1) is 11.6 Å². The molecule has 0 aliphatic rings. The van der Waals surface area contributed by atoms with E-state index in [2.05, 4.69) is 0 Å². The Bertz CT molecular complexity index is 872. The SMILES string of the molecule is CN(C)c1c(F)c(N(C)C)c2c(N(C)C)c(N(C)C)c(F)c(N(C)C)c2c1N(C)C. The van der Waals surface area contributed by atoms with Gasteiger partial charge in [0.1, 0.15) is 0 Å². The number of benzene rings is 2. The van der Waals surface area contributed by atoms with Crippen LogP contribution < -0.4 is 29.4 Å². The molecule has 2 aromatic rings. The van der Waals surface area contributed by atoms with Crippen molar-refractivity contribution in [3.05, 3.63) is 11.6 Å². The summed E-state index contributed by atoms with van der Waals surface area (Å²) in [5.74, 6) is -0.657. The lowest BCUT2D eigenvalue weighted by Gasteiger charge is -2.35. The van der Waals surface area contributed by atoms with Gasteiger partial charge in [-0.15, -0.1) is 0 Å². The van der Waals surface area contributed by atoms with E-state index in [-0.39, 0.29) is 11.6 Å². The van der Waals surface area contributed by atoms with Crippen LogP contribution in [0.5, 0.6) is 0 Å². The molecule has 0 aromatic heterocycles. The average molecular weight is 423 g/mol. The van der Waals surface area contributed by atoms with Crippen molar-refractivity contribution in [1.29, 1.82) is 0 Å². The summed E-state index contributed by atoms with van der Waals surface area (Å²) >= 11 is 0. The first-order chi connectivity index (χ1) is 13.7. The van der Waals surface area contributed by atoms with E-state index in [9.17, 15) is 0 Å². The van der Waals surface area contributed by atoms with Gasteiger partial charge in [-0.05, 0) is 0 Å². The first kappa shape index (κ1) is 23.6. The highest BCUT2D eigenvalue weighted by atomic mass is 19.1. The molecule has 6 nitrogen and oxygen atoms in total. The third-order valence-corrected chi connectivity index (χ3v) is 5.16. The largest absolute Gasteiger partial charge is 0.375 e. The molecule has 0 aliphatic carbocycles. The molecule has 30 heavy (non-hydrogen) atoms. The predicted octanol–water partition coefficient (Wildman–Crippen LogP) is 3.51. The number of hydrogen-bond acceptors (Lipinski definition) is 6. The van der Waals surface area contributed by atoms with Gasteiger partial charge in [0.2, 0.25) is 0 Å².